The van der Waals surface area contributed by atoms with Gasteiger partial charge in [-0.05, 0) is 37.1 Å². The number of amides is 2. The Labute approximate surface area is 189 Å². The number of carbonyl (C=O) groups is 2. The van der Waals surface area contributed by atoms with Crippen molar-refractivity contribution in [2.45, 2.75) is 47.2 Å². The number of nitrogens with zero attached hydrogens (tertiary/aromatic N) is 2. The number of nitro benzene ring substituents is 1. The summed E-state index contributed by atoms with van der Waals surface area (Å²) in [7, 11) is 1.88. The summed E-state index contributed by atoms with van der Waals surface area (Å²) in [5, 5.41) is 18.0. The molecule has 0 saturated heterocycles. The molecule has 2 aromatic rings. The predicted molar refractivity (Wildman–Crippen MR) is 126 cm³/mol. The van der Waals surface area contributed by atoms with Crippen molar-refractivity contribution in [1.29, 1.82) is 0 Å². The van der Waals surface area contributed by atoms with Gasteiger partial charge < -0.3 is 10.6 Å². The summed E-state index contributed by atoms with van der Waals surface area (Å²) in [6.45, 7) is 4.94. The van der Waals surface area contributed by atoms with E-state index in [-0.39, 0.29) is 43.8 Å². The Morgan fingerprint density at radius 2 is 1.72 bits per heavy atom. The lowest BCUT2D eigenvalue weighted by Gasteiger charge is -2.43. The van der Waals surface area contributed by atoms with Crippen LogP contribution >= 0.6 is 0 Å². The molecule has 0 saturated carbocycles. The second-order valence-electron chi connectivity index (χ2n) is 8.52. The molecule has 2 atom stereocenters. The van der Waals surface area contributed by atoms with E-state index in [1.807, 2.05) is 7.05 Å². The van der Waals surface area contributed by atoms with Gasteiger partial charge in [0.25, 0.3) is 17.5 Å². The van der Waals surface area contributed by atoms with Crippen LogP contribution in [0.4, 0.5) is 11.4 Å². The molecule has 2 N–H and O–H groups in total. The molecular weight excluding hydrogens is 408 g/mol. The Hall–Kier alpha value is -3.26. The number of non-ortho nitro benzene ring substituents is 1. The summed E-state index contributed by atoms with van der Waals surface area (Å²) < 4.78 is 0. The smallest absolute Gasteiger partial charge is 0.269 e. The zero-order chi connectivity index (χ0) is 21.6. The number of nitro groups is 1. The molecule has 0 fully saturated rings. The van der Waals surface area contributed by atoms with Gasteiger partial charge >= 0.3 is 0 Å². The first-order chi connectivity index (χ1) is 14.2. The number of fused-ring (bicyclic) bond motifs is 2. The molecule has 2 amide bonds. The first kappa shape index (κ1) is 25.0. The van der Waals surface area contributed by atoms with Crippen LogP contribution in [0.25, 0.3) is 0 Å². The van der Waals surface area contributed by atoms with Crippen molar-refractivity contribution in [3.63, 3.8) is 0 Å². The minimum atomic E-state index is -0.588. The maximum absolute atomic E-state index is 13.2. The van der Waals surface area contributed by atoms with Gasteiger partial charge in [0.2, 0.25) is 0 Å². The van der Waals surface area contributed by atoms with Crippen LogP contribution in [0.5, 0.6) is 0 Å². The van der Waals surface area contributed by atoms with Gasteiger partial charge in [-0.15, -0.1) is 0 Å². The zero-order valence-corrected chi connectivity index (χ0v) is 17.1. The van der Waals surface area contributed by atoms with Gasteiger partial charge in [-0.1, -0.05) is 40.8 Å². The van der Waals surface area contributed by atoms with Crippen molar-refractivity contribution in [2.24, 2.45) is 5.41 Å². The van der Waals surface area contributed by atoms with Crippen molar-refractivity contribution >= 4 is 23.2 Å². The van der Waals surface area contributed by atoms with Crippen LogP contribution in [-0.4, -0.2) is 41.3 Å². The molecule has 2 aromatic carbocycles. The molecule has 2 aliphatic heterocycles. The minimum Gasteiger partial charge on any atom is -0.381 e. The maximum Gasteiger partial charge on any atom is 0.269 e. The highest BCUT2D eigenvalue weighted by Crippen LogP contribution is 2.45. The first-order valence-electron chi connectivity index (χ1n) is 9.91. The van der Waals surface area contributed by atoms with Gasteiger partial charge in [-0.2, -0.15) is 0 Å². The summed E-state index contributed by atoms with van der Waals surface area (Å²) in [5.41, 5.74) is 1.80. The monoisotopic (exact) mass is 440 g/mol. The van der Waals surface area contributed by atoms with Crippen LogP contribution in [0, 0.1) is 15.5 Å². The van der Waals surface area contributed by atoms with Gasteiger partial charge in [0.15, 0.2) is 0 Å². The maximum atomic E-state index is 13.2. The average Bonchev–Trinajstić information content (AvgIpc) is 2.97. The van der Waals surface area contributed by atoms with Crippen LogP contribution in [-0.2, 0) is 0 Å². The van der Waals surface area contributed by atoms with Crippen LogP contribution in [0.3, 0.4) is 0 Å². The zero-order valence-electron chi connectivity index (χ0n) is 17.1. The number of anilines is 1. The van der Waals surface area contributed by atoms with E-state index < -0.39 is 11.0 Å². The normalized spacial score (nSPS) is 19.3. The Bertz CT molecular complexity index is 1020. The lowest BCUT2D eigenvalue weighted by Crippen LogP contribution is -2.48. The van der Waals surface area contributed by atoms with Crippen LogP contribution < -0.4 is 10.6 Å². The van der Waals surface area contributed by atoms with Crippen LogP contribution in [0.15, 0.2) is 42.5 Å². The van der Waals surface area contributed by atoms with Crippen molar-refractivity contribution in [2.75, 3.05) is 18.9 Å². The molecule has 2 unspecified atom stereocenters. The lowest BCUT2D eigenvalue weighted by atomic mass is 9.77. The summed E-state index contributed by atoms with van der Waals surface area (Å²) >= 11 is 0. The molecule has 4 rings (SSSR count). The molecule has 8 nitrogen and oxygen atoms in total. The number of carbonyl (C=O) groups excluding carboxylic acids is 2. The Kier molecular flexibility index (Phi) is 7.09. The molecule has 0 aliphatic carbocycles. The standard InChI is InChI=1S/C22H24N4O4.2CH4/c1-22(2,12-23-3)19-11-18(16-10-13(26(29)30)8-9-17(16)24-19)25-20(27)14-6-4-5-7-15(14)21(25)28;;/h4-10,18-19,23-24H,11-12H2,1-3H3;2*1H4. The van der Waals surface area contributed by atoms with Gasteiger partial charge in [-0.25, -0.2) is 0 Å². The molecule has 32 heavy (non-hydrogen) atoms. The van der Waals surface area contributed by atoms with Crippen molar-refractivity contribution in [1.82, 2.24) is 10.2 Å². The van der Waals surface area contributed by atoms with E-state index in [0.717, 1.165) is 6.54 Å². The largest absolute Gasteiger partial charge is 0.381 e. The molecule has 2 heterocycles. The van der Waals surface area contributed by atoms with Crippen LogP contribution in [0.1, 0.15) is 67.4 Å². The second-order valence-corrected chi connectivity index (χ2v) is 8.52. The first-order valence-corrected chi connectivity index (χ1v) is 9.91. The van der Waals surface area contributed by atoms with E-state index in [1.165, 1.54) is 17.0 Å². The second kappa shape index (κ2) is 9.08. The highest BCUT2D eigenvalue weighted by Gasteiger charge is 2.45. The number of hydrogen-bond acceptors (Lipinski definition) is 6. The predicted octanol–water partition coefficient (Wildman–Crippen LogP) is 4.63. The van der Waals surface area contributed by atoms with Gasteiger partial charge in [0.05, 0.1) is 22.1 Å². The van der Waals surface area contributed by atoms with E-state index in [9.17, 15) is 19.7 Å². The molecule has 2 aliphatic rings. The summed E-state index contributed by atoms with van der Waals surface area (Å²) in [5.74, 6) is -0.713. The van der Waals surface area contributed by atoms with Crippen molar-refractivity contribution in [3.8, 4) is 0 Å². The average molecular weight is 441 g/mol. The fourth-order valence-electron chi connectivity index (χ4n) is 4.50. The number of nitrogens with one attached hydrogen (secondary N) is 2. The fraction of sp³-hybridized carbons (Fsp3) is 0.417. The topological polar surface area (TPSA) is 105 Å². The number of hydrogen-bond donors (Lipinski definition) is 2. The quantitative estimate of drug-likeness (QED) is 0.399. The Morgan fingerprint density at radius 1 is 1.12 bits per heavy atom. The molecular formula is C24H32N4O4. The summed E-state index contributed by atoms with van der Waals surface area (Å²) in [6.07, 6.45) is 0.467. The van der Waals surface area contributed by atoms with E-state index in [1.54, 1.807) is 30.3 Å². The number of imide groups is 1. The highest BCUT2D eigenvalue weighted by molar-refractivity contribution is 6.21. The number of benzene rings is 2. The van der Waals surface area contributed by atoms with Gasteiger partial charge in [0.1, 0.15) is 0 Å². The SMILES string of the molecule is C.C.CNCC(C)(C)C1CC(N2C(=O)c3ccccc3C2=O)c2cc([N+](=O)[O-])ccc2N1. The van der Waals surface area contributed by atoms with Gasteiger partial charge in [0, 0.05) is 36.0 Å². The Balaban J connectivity index is 0.00000181. The van der Waals surface area contributed by atoms with E-state index in [4.69, 9.17) is 0 Å². The fourth-order valence-corrected chi connectivity index (χ4v) is 4.50. The highest BCUT2D eigenvalue weighted by atomic mass is 16.6. The molecule has 0 aromatic heterocycles. The summed E-state index contributed by atoms with van der Waals surface area (Å²) in [6, 6.07) is 10.7. The van der Waals surface area contributed by atoms with E-state index >= 15 is 0 Å². The molecule has 8 heteroatoms. The summed E-state index contributed by atoms with van der Waals surface area (Å²) in [4.78, 5) is 38.5. The van der Waals surface area contributed by atoms with E-state index in [2.05, 4.69) is 24.5 Å². The van der Waals surface area contributed by atoms with E-state index in [0.29, 0.717) is 28.8 Å². The lowest BCUT2D eigenvalue weighted by molar-refractivity contribution is -0.384. The minimum absolute atomic E-state index is 0. The van der Waals surface area contributed by atoms with Crippen molar-refractivity contribution < 1.29 is 14.5 Å². The van der Waals surface area contributed by atoms with Crippen molar-refractivity contribution in [3.05, 3.63) is 69.3 Å². The van der Waals surface area contributed by atoms with Gasteiger partial charge in [-0.3, -0.25) is 24.6 Å². The third-order valence-corrected chi connectivity index (χ3v) is 6.11. The Morgan fingerprint density at radius 3 is 2.25 bits per heavy atom. The third-order valence-electron chi connectivity index (χ3n) is 6.11. The molecule has 0 radical (unpaired) electrons. The molecule has 172 valence electrons. The van der Waals surface area contributed by atoms with Crippen LogP contribution in [0.2, 0.25) is 0 Å². The molecule has 0 spiro atoms. The molecule has 0 bridgehead atoms. The third kappa shape index (κ3) is 3.98. The number of rotatable bonds is 5.